The number of hydrogen-bond donors (Lipinski definition) is 0. The summed E-state index contributed by atoms with van der Waals surface area (Å²) in [6.07, 6.45) is -0.803. The van der Waals surface area contributed by atoms with Crippen LogP contribution in [0, 0.1) is 5.82 Å². The van der Waals surface area contributed by atoms with Gasteiger partial charge in [-0.05, 0) is 36.5 Å². The van der Waals surface area contributed by atoms with Crippen molar-refractivity contribution < 1.29 is 18.7 Å². The van der Waals surface area contributed by atoms with Crippen LogP contribution in [-0.4, -0.2) is 17.7 Å². The molecule has 0 spiro atoms. The van der Waals surface area contributed by atoms with Gasteiger partial charge >= 0.3 is 6.16 Å². The predicted octanol–water partition coefficient (Wildman–Crippen LogP) is 6.41. The molecule has 4 nitrogen and oxygen atoms in total. The van der Waals surface area contributed by atoms with Gasteiger partial charge < -0.3 is 9.47 Å². The van der Waals surface area contributed by atoms with E-state index in [1.807, 2.05) is 27.7 Å². The first kappa shape index (κ1) is 21.2. The zero-order chi connectivity index (χ0) is 20.1. The zero-order valence-corrected chi connectivity index (χ0v) is 17.1. The molecule has 27 heavy (non-hydrogen) atoms. The van der Waals surface area contributed by atoms with Crippen LogP contribution in [0.5, 0.6) is 5.75 Å². The second-order valence-corrected chi connectivity index (χ2v) is 7.07. The van der Waals surface area contributed by atoms with Gasteiger partial charge in [0.25, 0.3) is 0 Å². The smallest absolute Gasteiger partial charge is 0.434 e. The van der Waals surface area contributed by atoms with E-state index in [1.165, 1.54) is 12.1 Å². The molecule has 1 heterocycles. The maximum Gasteiger partial charge on any atom is 0.513 e. The van der Waals surface area contributed by atoms with Crippen molar-refractivity contribution in [2.24, 2.45) is 0 Å². The second kappa shape index (κ2) is 9.18. The van der Waals surface area contributed by atoms with E-state index in [2.05, 4.69) is 0 Å². The third-order valence-electron chi connectivity index (χ3n) is 4.12. The first-order chi connectivity index (χ1) is 12.8. The molecule has 146 valence electrons. The van der Waals surface area contributed by atoms with Crippen molar-refractivity contribution in [2.45, 2.75) is 52.3 Å². The highest BCUT2D eigenvalue weighted by molar-refractivity contribution is 6.17. The molecule has 0 saturated heterocycles. The number of pyridine rings is 1. The number of rotatable bonds is 6. The van der Waals surface area contributed by atoms with Crippen LogP contribution in [0.15, 0.2) is 24.3 Å². The maximum atomic E-state index is 13.5. The molecule has 2 aromatic rings. The van der Waals surface area contributed by atoms with Crippen LogP contribution in [-0.2, 0) is 10.6 Å². The molecule has 0 bridgehead atoms. The third-order valence-corrected chi connectivity index (χ3v) is 4.39. The number of carbonyl (C=O) groups excluding carboxylic acids is 1. The number of benzene rings is 1. The minimum atomic E-state index is -0.803. The molecule has 0 N–H and O–H groups in total. The molecule has 1 aromatic carbocycles. The van der Waals surface area contributed by atoms with Crippen LogP contribution >= 0.6 is 11.6 Å². The highest BCUT2D eigenvalue weighted by Gasteiger charge is 2.26. The quantitative estimate of drug-likeness (QED) is 0.420. The Kier molecular flexibility index (Phi) is 7.19. The van der Waals surface area contributed by atoms with E-state index < -0.39 is 6.16 Å². The van der Waals surface area contributed by atoms with Gasteiger partial charge in [0, 0.05) is 22.7 Å². The lowest BCUT2D eigenvalue weighted by atomic mass is 9.91. The third kappa shape index (κ3) is 4.78. The Balaban J connectivity index is 2.83. The van der Waals surface area contributed by atoms with Gasteiger partial charge in [-0.25, -0.2) is 9.18 Å². The van der Waals surface area contributed by atoms with Gasteiger partial charge in [0.1, 0.15) is 5.82 Å². The fourth-order valence-corrected chi connectivity index (χ4v) is 3.17. The summed E-state index contributed by atoms with van der Waals surface area (Å²) >= 11 is 6.28. The zero-order valence-electron chi connectivity index (χ0n) is 16.3. The van der Waals surface area contributed by atoms with Gasteiger partial charge in [0.05, 0.1) is 12.3 Å². The molecular weight excluding hydrogens is 369 g/mol. The molecule has 0 atom stereocenters. The summed E-state index contributed by atoms with van der Waals surface area (Å²) in [4.78, 5) is 16.8. The number of ether oxygens (including phenoxy) is 2. The Morgan fingerprint density at radius 1 is 1.11 bits per heavy atom. The number of nitrogens with zero attached hydrogens (tertiary/aromatic N) is 1. The van der Waals surface area contributed by atoms with Crippen LogP contribution < -0.4 is 4.74 Å². The van der Waals surface area contributed by atoms with Crippen molar-refractivity contribution in [3.63, 3.8) is 0 Å². The molecule has 0 radical (unpaired) electrons. The Bertz CT molecular complexity index is 804. The lowest BCUT2D eigenvalue weighted by molar-refractivity contribution is 0.104. The Morgan fingerprint density at radius 2 is 1.70 bits per heavy atom. The van der Waals surface area contributed by atoms with Crippen molar-refractivity contribution >= 4 is 17.8 Å². The fourth-order valence-electron chi connectivity index (χ4n) is 2.90. The van der Waals surface area contributed by atoms with Gasteiger partial charge in [0.15, 0.2) is 5.75 Å². The minimum Gasteiger partial charge on any atom is -0.434 e. The van der Waals surface area contributed by atoms with Gasteiger partial charge in [-0.3, -0.25) is 4.98 Å². The largest absolute Gasteiger partial charge is 0.513 e. The molecule has 6 heteroatoms. The van der Waals surface area contributed by atoms with Crippen LogP contribution in [0.1, 0.15) is 63.4 Å². The van der Waals surface area contributed by atoms with Crippen LogP contribution in [0.25, 0.3) is 11.1 Å². The summed E-state index contributed by atoms with van der Waals surface area (Å²) in [6, 6.07) is 6.03. The van der Waals surface area contributed by atoms with E-state index in [4.69, 9.17) is 26.1 Å². The summed E-state index contributed by atoms with van der Waals surface area (Å²) in [5.74, 6) is 0.268. The number of alkyl halides is 1. The van der Waals surface area contributed by atoms with E-state index >= 15 is 0 Å². The lowest BCUT2D eigenvalue weighted by Crippen LogP contribution is -2.16. The van der Waals surface area contributed by atoms with E-state index in [1.54, 1.807) is 19.1 Å². The van der Waals surface area contributed by atoms with E-state index in [-0.39, 0.29) is 30.1 Å². The van der Waals surface area contributed by atoms with Gasteiger partial charge in [-0.15, -0.1) is 11.6 Å². The maximum absolute atomic E-state index is 13.5. The molecule has 0 aliphatic carbocycles. The van der Waals surface area contributed by atoms with Crippen molar-refractivity contribution in [3.05, 3.63) is 47.0 Å². The lowest BCUT2D eigenvalue weighted by Gasteiger charge is -2.23. The molecule has 1 aromatic heterocycles. The van der Waals surface area contributed by atoms with Crippen LogP contribution in [0.3, 0.4) is 0 Å². The van der Waals surface area contributed by atoms with Gasteiger partial charge in [0.2, 0.25) is 0 Å². The number of halogens is 2. The van der Waals surface area contributed by atoms with E-state index in [9.17, 15) is 9.18 Å². The fraction of sp³-hybridized carbons (Fsp3) is 0.429. The van der Waals surface area contributed by atoms with Crippen LogP contribution in [0.2, 0.25) is 0 Å². The predicted molar refractivity (Wildman–Crippen MR) is 105 cm³/mol. The average Bonchev–Trinajstić information content (AvgIpc) is 2.61. The van der Waals surface area contributed by atoms with Crippen molar-refractivity contribution in [1.29, 1.82) is 0 Å². The van der Waals surface area contributed by atoms with E-state index in [0.717, 1.165) is 11.3 Å². The standard InChI is InChI=1S/C21H25ClFNO3/c1-6-26-21(25)27-20-17(14-7-9-15(23)10-8-14)16(11-22)18(12(2)3)24-19(20)13(4)5/h7-10,12-13H,6,11H2,1-5H3. The number of hydrogen-bond acceptors (Lipinski definition) is 4. The summed E-state index contributed by atoms with van der Waals surface area (Å²) in [7, 11) is 0. The Hall–Kier alpha value is -2.14. The minimum absolute atomic E-state index is 0.00417. The van der Waals surface area contributed by atoms with Crippen molar-refractivity contribution in [1.82, 2.24) is 4.98 Å². The summed E-state index contributed by atoms with van der Waals surface area (Å²) in [5, 5.41) is 0. The van der Waals surface area contributed by atoms with E-state index in [0.29, 0.717) is 22.6 Å². The van der Waals surface area contributed by atoms with Crippen molar-refractivity contribution in [2.75, 3.05) is 6.61 Å². The summed E-state index contributed by atoms with van der Waals surface area (Å²) < 4.78 is 24.0. The first-order valence-electron chi connectivity index (χ1n) is 9.03. The molecule has 2 rings (SSSR count). The highest BCUT2D eigenvalue weighted by atomic mass is 35.5. The SMILES string of the molecule is CCOC(=O)Oc1c(C(C)C)nc(C(C)C)c(CCl)c1-c1ccc(F)cc1. The van der Waals surface area contributed by atoms with Gasteiger partial charge in [-0.1, -0.05) is 39.8 Å². The highest BCUT2D eigenvalue weighted by Crippen LogP contribution is 2.42. The normalized spacial score (nSPS) is 11.1. The Morgan fingerprint density at radius 3 is 2.19 bits per heavy atom. The molecule has 0 aliphatic rings. The average molecular weight is 394 g/mol. The summed E-state index contributed by atoms with van der Waals surface area (Å²) in [6.45, 7) is 9.90. The molecular formula is C21H25ClFNO3. The number of aromatic nitrogens is 1. The van der Waals surface area contributed by atoms with Crippen LogP contribution in [0.4, 0.5) is 9.18 Å². The molecule has 0 amide bonds. The Labute approximate surface area is 164 Å². The molecule has 0 unspecified atom stereocenters. The summed E-state index contributed by atoms with van der Waals surface area (Å²) in [5.41, 5.74) is 3.60. The molecule has 0 fully saturated rings. The van der Waals surface area contributed by atoms with Gasteiger partial charge in [-0.2, -0.15) is 0 Å². The first-order valence-corrected chi connectivity index (χ1v) is 9.56. The second-order valence-electron chi connectivity index (χ2n) is 6.80. The monoisotopic (exact) mass is 393 g/mol. The molecule has 0 aliphatic heterocycles. The van der Waals surface area contributed by atoms with Crippen molar-refractivity contribution in [3.8, 4) is 16.9 Å². The number of carbonyl (C=O) groups is 1. The molecule has 0 saturated carbocycles. The topological polar surface area (TPSA) is 48.4 Å².